The van der Waals surface area contributed by atoms with Crippen molar-refractivity contribution in [3.8, 4) is 0 Å². The Morgan fingerprint density at radius 3 is 3.10 bits per heavy atom. The zero-order valence-corrected chi connectivity index (χ0v) is 13.5. The second-order valence-electron chi connectivity index (χ2n) is 6.37. The number of nitrogens with zero attached hydrogens (tertiary/aromatic N) is 3. The van der Waals surface area contributed by atoms with Crippen LogP contribution in [-0.4, -0.2) is 59.6 Å². The summed E-state index contributed by atoms with van der Waals surface area (Å²) in [6.45, 7) is 5.36. The molecule has 5 nitrogen and oxygen atoms in total. The van der Waals surface area contributed by atoms with Gasteiger partial charge in [0.15, 0.2) is 0 Å². The van der Waals surface area contributed by atoms with E-state index in [1.807, 2.05) is 18.8 Å². The van der Waals surface area contributed by atoms with E-state index >= 15 is 0 Å². The molecule has 0 amide bonds. The maximum Gasteiger partial charge on any atom is 0.0859 e. The highest BCUT2D eigenvalue weighted by molar-refractivity contribution is 5.12. The van der Waals surface area contributed by atoms with E-state index in [9.17, 15) is 0 Å². The van der Waals surface area contributed by atoms with Crippen molar-refractivity contribution in [3.63, 3.8) is 0 Å². The molecule has 0 bridgehead atoms. The van der Waals surface area contributed by atoms with Crippen LogP contribution in [0.2, 0.25) is 0 Å². The molecule has 1 aromatic heterocycles. The molecule has 3 atom stereocenters. The van der Waals surface area contributed by atoms with Crippen LogP contribution in [0, 0.1) is 0 Å². The highest BCUT2D eigenvalue weighted by Crippen LogP contribution is 2.24. The first-order valence-corrected chi connectivity index (χ1v) is 8.26. The quantitative estimate of drug-likeness (QED) is 0.878. The normalized spacial score (nSPS) is 27.8. The summed E-state index contributed by atoms with van der Waals surface area (Å²) in [7, 11) is 4.08. The van der Waals surface area contributed by atoms with E-state index in [4.69, 9.17) is 4.74 Å². The molecule has 5 heteroatoms. The van der Waals surface area contributed by atoms with Crippen LogP contribution in [-0.2, 0) is 24.6 Å². The van der Waals surface area contributed by atoms with Crippen molar-refractivity contribution >= 4 is 0 Å². The summed E-state index contributed by atoms with van der Waals surface area (Å²) in [5.74, 6) is 0. The van der Waals surface area contributed by atoms with Gasteiger partial charge in [-0.05, 0) is 38.9 Å². The molecule has 1 aromatic rings. The monoisotopic (exact) mass is 292 g/mol. The Balaban J connectivity index is 1.65. The lowest BCUT2D eigenvalue weighted by Gasteiger charge is -2.38. The number of aryl methyl sites for hydroxylation is 2. The highest BCUT2D eigenvalue weighted by atomic mass is 16.5. The molecule has 0 saturated carbocycles. The minimum Gasteiger partial charge on any atom is -0.374 e. The van der Waals surface area contributed by atoms with E-state index < -0.39 is 0 Å². The van der Waals surface area contributed by atoms with E-state index in [0.717, 1.165) is 26.0 Å². The van der Waals surface area contributed by atoms with E-state index in [1.54, 1.807) is 0 Å². The smallest absolute Gasteiger partial charge is 0.0859 e. The van der Waals surface area contributed by atoms with Crippen molar-refractivity contribution in [2.75, 3.05) is 26.7 Å². The minimum absolute atomic E-state index is 0.282. The maximum atomic E-state index is 6.16. The second kappa shape index (κ2) is 6.46. The number of hydrogen-bond acceptors (Lipinski definition) is 4. The minimum atomic E-state index is 0.282. The Hall–Kier alpha value is -0.910. The molecular weight excluding hydrogens is 264 g/mol. The van der Waals surface area contributed by atoms with Gasteiger partial charge in [-0.2, -0.15) is 5.10 Å². The summed E-state index contributed by atoms with van der Waals surface area (Å²) in [6.07, 6.45) is 4.88. The van der Waals surface area contributed by atoms with Gasteiger partial charge in [-0.15, -0.1) is 0 Å². The predicted molar refractivity (Wildman–Crippen MR) is 83.5 cm³/mol. The number of ether oxygens (including phenoxy) is 1. The Labute approximate surface area is 127 Å². The van der Waals surface area contributed by atoms with Crippen molar-refractivity contribution in [2.45, 2.75) is 50.8 Å². The molecule has 2 aliphatic heterocycles. The van der Waals surface area contributed by atoms with E-state index in [1.165, 1.54) is 30.8 Å². The van der Waals surface area contributed by atoms with Gasteiger partial charge in [0.2, 0.25) is 0 Å². The van der Waals surface area contributed by atoms with Crippen molar-refractivity contribution in [1.29, 1.82) is 0 Å². The maximum absolute atomic E-state index is 6.16. The van der Waals surface area contributed by atoms with Gasteiger partial charge in [-0.3, -0.25) is 9.58 Å². The zero-order valence-electron chi connectivity index (χ0n) is 13.5. The van der Waals surface area contributed by atoms with Gasteiger partial charge >= 0.3 is 0 Å². The van der Waals surface area contributed by atoms with Crippen molar-refractivity contribution in [2.24, 2.45) is 7.05 Å². The van der Waals surface area contributed by atoms with Crippen LogP contribution in [0.15, 0.2) is 6.07 Å². The summed E-state index contributed by atoms with van der Waals surface area (Å²) >= 11 is 0. The van der Waals surface area contributed by atoms with E-state index in [0.29, 0.717) is 12.1 Å². The van der Waals surface area contributed by atoms with Crippen molar-refractivity contribution in [3.05, 3.63) is 17.5 Å². The summed E-state index contributed by atoms with van der Waals surface area (Å²) in [4.78, 5) is 2.61. The van der Waals surface area contributed by atoms with Gasteiger partial charge in [-0.1, -0.05) is 6.92 Å². The first kappa shape index (κ1) is 15.0. The molecule has 0 aliphatic carbocycles. The van der Waals surface area contributed by atoms with Crippen molar-refractivity contribution < 1.29 is 4.74 Å². The largest absolute Gasteiger partial charge is 0.374 e. The molecule has 2 fully saturated rings. The van der Waals surface area contributed by atoms with Crippen LogP contribution in [0.25, 0.3) is 0 Å². The van der Waals surface area contributed by atoms with Gasteiger partial charge < -0.3 is 10.1 Å². The third-order valence-corrected chi connectivity index (χ3v) is 5.05. The Morgan fingerprint density at radius 1 is 1.52 bits per heavy atom. The van der Waals surface area contributed by atoms with Crippen LogP contribution in [0.1, 0.15) is 31.2 Å². The molecule has 0 spiro atoms. The van der Waals surface area contributed by atoms with Crippen LogP contribution >= 0.6 is 0 Å². The fourth-order valence-corrected chi connectivity index (χ4v) is 3.67. The van der Waals surface area contributed by atoms with E-state index in [2.05, 4.69) is 28.3 Å². The average molecular weight is 292 g/mol. The van der Waals surface area contributed by atoms with E-state index in [-0.39, 0.29) is 6.10 Å². The molecule has 0 aromatic carbocycles. The molecular formula is C16H28N4O. The summed E-state index contributed by atoms with van der Waals surface area (Å²) in [5, 5.41) is 8.01. The number of hydrogen-bond donors (Lipinski definition) is 1. The van der Waals surface area contributed by atoms with Gasteiger partial charge in [0, 0.05) is 37.8 Å². The van der Waals surface area contributed by atoms with Gasteiger partial charge in [0.1, 0.15) is 0 Å². The summed E-state index contributed by atoms with van der Waals surface area (Å²) < 4.78 is 8.17. The standard InChI is InChI=1S/C16H28N4O/c1-4-12-8-14(19(3)18-12)9-15(17-2)16-10-20-7-5-6-13(20)11-21-16/h8,13,15-17H,4-7,9-11H2,1-3H3. The predicted octanol–water partition coefficient (Wildman–Crippen LogP) is 0.976. The van der Waals surface area contributed by atoms with Crippen LogP contribution in [0.5, 0.6) is 0 Å². The molecule has 2 aliphatic rings. The van der Waals surface area contributed by atoms with Gasteiger partial charge in [-0.25, -0.2) is 0 Å². The summed E-state index contributed by atoms with van der Waals surface area (Å²) in [6, 6.07) is 3.25. The van der Waals surface area contributed by atoms with Gasteiger partial charge in [0.25, 0.3) is 0 Å². The topological polar surface area (TPSA) is 42.3 Å². The number of aromatic nitrogens is 2. The number of nitrogens with one attached hydrogen (secondary N) is 1. The number of rotatable bonds is 5. The highest BCUT2D eigenvalue weighted by Gasteiger charge is 2.35. The molecule has 3 rings (SSSR count). The molecule has 3 unspecified atom stereocenters. The lowest BCUT2D eigenvalue weighted by Crippen LogP contribution is -2.54. The zero-order chi connectivity index (χ0) is 14.8. The Bertz CT molecular complexity index is 473. The second-order valence-corrected chi connectivity index (χ2v) is 6.37. The molecule has 0 radical (unpaired) electrons. The SMILES string of the molecule is CCc1cc(CC(NC)C2CN3CCCC3CO2)n(C)n1. The first-order valence-electron chi connectivity index (χ1n) is 8.26. The van der Waals surface area contributed by atoms with Crippen LogP contribution < -0.4 is 5.32 Å². The molecule has 118 valence electrons. The fourth-order valence-electron chi connectivity index (χ4n) is 3.67. The molecule has 2 saturated heterocycles. The molecule has 21 heavy (non-hydrogen) atoms. The van der Waals surface area contributed by atoms with Crippen LogP contribution in [0.4, 0.5) is 0 Å². The lowest BCUT2D eigenvalue weighted by molar-refractivity contribution is -0.0636. The average Bonchev–Trinajstić information content (AvgIpc) is 3.10. The molecule has 1 N–H and O–H groups in total. The third kappa shape index (κ3) is 3.15. The summed E-state index contributed by atoms with van der Waals surface area (Å²) in [5.41, 5.74) is 2.46. The fraction of sp³-hybridized carbons (Fsp3) is 0.812. The lowest BCUT2D eigenvalue weighted by atomic mass is 10.0. The van der Waals surface area contributed by atoms with Gasteiger partial charge in [0.05, 0.1) is 18.4 Å². The first-order chi connectivity index (χ1) is 10.2. The number of likely N-dealkylation sites (N-methyl/N-ethyl adjacent to an activating group) is 1. The Kier molecular flexibility index (Phi) is 4.62. The third-order valence-electron chi connectivity index (χ3n) is 5.05. The number of fused-ring (bicyclic) bond motifs is 1. The molecule has 3 heterocycles. The number of morpholine rings is 1. The van der Waals surface area contributed by atoms with Crippen molar-refractivity contribution in [1.82, 2.24) is 20.0 Å². The Morgan fingerprint density at radius 2 is 2.38 bits per heavy atom. The van der Waals surface area contributed by atoms with Crippen LogP contribution in [0.3, 0.4) is 0 Å².